The van der Waals surface area contributed by atoms with Crippen LogP contribution >= 0.6 is 0 Å². The lowest BCUT2D eigenvalue weighted by Gasteiger charge is -2.10. The Hall–Kier alpha value is -2.10. The fourth-order valence-corrected chi connectivity index (χ4v) is 1.93. The number of aryl methyl sites for hydroxylation is 2. The largest absolute Gasteiger partial charge is 0.369 e. The summed E-state index contributed by atoms with van der Waals surface area (Å²) in [4.78, 5) is 8.58. The SMILES string of the molecule is CNc1ncc(C)c(NCCc2cccc(C)c2)n1. The van der Waals surface area contributed by atoms with E-state index >= 15 is 0 Å². The normalized spacial score (nSPS) is 10.3. The Morgan fingerprint density at radius 3 is 2.79 bits per heavy atom. The molecule has 4 heteroatoms. The molecule has 100 valence electrons. The zero-order valence-electron chi connectivity index (χ0n) is 11.7. The van der Waals surface area contributed by atoms with Crippen LogP contribution in [-0.4, -0.2) is 23.6 Å². The first kappa shape index (κ1) is 13.3. The zero-order valence-corrected chi connectivity index (χ0v) is 11.7. The van der Waals surface area contributed by atoms with Gasteiger partial charge in [-0.25, -0.2) is 4.98 Å². The van der Waals surface area contributed by atoms with Crippen LogP contribution in [0.2, 0.25) is 0 Å². The molecule has 0 aliphatic carbocycles. The number of hydrogen-bond acceptors (Lipinski definition) is 4. The minimum atomic E-state index is 0.642. The molecule has 2 N–H and O–H groups in total. The summed E-state index contributed by atoms with van der Waals surface area (Å²) in [6.07, 6.45) is 2.81. The molecule has 2 aromatic rings. The van der Waals surface area contributed by atoms with E-state index < -0.39 is 0 Å². The number of rotatable bonds is 5. The standard InChI is InChI=1S/C15H20N4/c1-11-5-4-6-13(9-11)7-8-17-14-12(2)10-18-15(16-3)19-14/h4-6,9-10H,7-8H2,1-3H3,(H2,16,17,18,19). The van der Waals surface area contributed by atoms with Crippen LogP contribution in [0.3, 0.4) is 0 Å². The number of hydrogen-bond donors (Lipinski definition) is 2. The lowest BCUT2D eigenvalue weighted by molar-refractivity contribution is 0.990. The second-order valence-electron chi connectivity index (χ2n) is 4.64. The Morgan fingerprint density at radius 1 is 1.21 bits per heavy atom. The quantitative estimate of drug-likeness (QED) is 0.863. The molecule has 0 fully saturated rings. The predicted molar refractivity (Wildman–Crippen MR) is 79.7 cm³/mol. The molecule has 0 saturated carbocycles. The summed E-state index contributed by atoms with van der Waals surface area (Å²) in [6.45, 7) is 4.99. The molecule has 0 spiro atoms. The molecule has 1 aromatic carbocycles. The predicted octanol–water partition coefficient (Wildman–Crippen LogP) is 2.79. The van der Waals surface area contributed by atoms with E-state index in [1.165, 1.54) is 11.1 Å². The fourth-order valence-electron chi connectivity index (χ4n) is 1.93. The summed E-state index contributed by atoms with van der Waals surface area (Å²) in [6, 6.07) is 8.58. The second kappa shape index (κ2) is 6.18. The summed E-state index contributed by atoms with van der Waals surface area (Å²) in [5.74, 6) is 1.54. The van der Waals surface area contributed by atoms with Crippen molar-refractivity contribution < 1.29 is 0 Å². The van der Waals surface area contributed by atoms with Crippen molar-refractivity contribution in [2.24, 2.45) is 0 Å². The summed E-state index contributed by atoms with van der Waals surface area (Å²) < 4.78 is 0. The zero-order chi connectivity index (χ0) is 13.7. The lowest BCUT2D eigenvalue weighted by Crippen LogP contribution is -2.09. The second-order valence-corrected chi connectivity index (χ2v) is 4.64. The Balaban J connectivity index is 1.95. The van der Waals surface area contributed by atoms with Gasteiger partial charge in [0.05, 0.1) is 0 Å². The Kier molecular flexibility index (Phi) is 4.34. The van der Waals surface area contributed by atoms with Gasteiger partial charge in [0.15, 0.2) is 0 Å². The van der Waals surface area contributed by atoms with Gasteiger partial charge in [0.25, 0.3) is 0 Å². The van der Waals surface area contributed by atoms with Gasteiger partial charge in [0, 0.05) is 25.4 Å². The molecule has 2 rings (SSSR count). The highest BCUT2D eigenvalue weighted by atomic mass is 15.1. The van der Waals surface area contributed by atoms with E-state index in [0.717, 1.165) is 24.3 Å². The topological polar surface area (TPSA) is 49.8 Å². The summed E-state index contributed by atoms with van der Waals surface area (Å²) in [5, 5.41) is 6.31. The van der Waals surface area contributed by atoms with Gasteiger partial charge >= 0.3 is 0 Å². The molecule has 0 radical (unpaired) electrons. The molecular weight excluding hydrogens is 236 g/mol. The van der Waals surface area contributed by atoms with Crippen molar-refractivity contribution in [2.45, 2.75) is 20.3 Å². The van der Waals surface area contributed by atoms with Crippen LogP contribution in [-0.2, 0) is 6.42 Å². The van der Waals surface area contributed by atoms with Crippen LogP contribution in [0.4, 0.5) is 11.8 Å². The first-order valence-corrected chi connectivity index (χ1v) is 6.50. The van der Waals surface area contributed by atoms with E-state index in [1.54, 1.807) is 0 Å². The maximum atomic E-state index is 4.41. The van der Waals surface area contributed by atoms with Crippen LogP contribution in [0.15, 0.2) is 30.5 Å². The van der Waals surface area contributed by atoms with E-state index in [9.17, 15) is 0 Å². The fraction of sp³-hybridized carbons (Fsp3) is 0.333. The van der Waals surface area contributed by atoms with E-state index in [4.69, 9.17) is 0 Å². The van der Waals surface area contributed by atoms with Gasteiger partial charge in [-0.2, -0.15) is 4.98 Å². The van der Waals surface area contributed by atoms with Gasteiger partial charge in [-0.1, -0.05) is 29.8 Å². The van der Waals surface area contributed by atoms with Gasteiger partial charge in [-0.3, -0.25) is 0 Å². The van der Waals surface area contributed by atoms with Crippen molar-refractivity contribution in [3.63, 3.8) is 0 Å². The minimum absolute atomic E-state index is 0.642. The van der Waals surface area contributed by atoms with Crippen LogP contribution < -0.4 is 10.6 Å². The van der Waals surface area contributed by atoms with Crippen LogP contribution in [0, 0.1) is 13.8 Å². The van der Waals surface area contributed by atoms with Crippen molar-refractivity contribution in [2.75, 3.05) is 24.2 Å². The van der Waals surface area contributed by atoms with Crippen molar-refractivity contribution in [1.29, 1.82) is 0 Å². The van der Waals surface area contributed by atoms with Crippen molar-refractivity contribution in [1.82, 2.24) is 9.97 Å². The monoisotopic (exact) mass is 256 g/mol. The van der Waals surface area contributed by atoms with Gasteiger partial charge in [0.2, 0.25) is 5.95 Å². The first-order chi connectivity index (χ1) is 9.19. The van der Waals surface area contributed by atoms with Crippen LogP contribution in [0.25, 0.3) is 0 Å². The van der Waals surface area contributed by atoms with Crippen LogP contribution in [0.5, 0.6) is 0 Å². The van der Waals surface area contributed by atoms with E-state index in [2.05, 4.69) is 51.8 Å². The van der Waals surface area contributed by atoms with Crippen molar-refractivity contribution in [3.05, 3.63) is 47.2 Å². The van der Waals surface area contributed by atoms with Crippen molar-refractivity contribution >= 4 is 11.8 Å². The number of anilines is 2. The average Bonchev–Trinajstić information content (AvgIpc) is 2.41. The number of aromatic nitrogens is 2. The number of nitrogens with one attached hydrogen (secondary N) is 2. The third kappa shape index (κ3) is 3.68. The molecule has 0 atom stereocenters. The highest BCUT2D eigenvalue weighted by Gasteiger charge is 2.02. The average molecular weight is 256 g/mol. The molecule has 4 nitrogen and oxygen atoms in total. The smallest absolute Gasteiger partial charge is 0.224 e. The van der Waals surface area contributed by atoms with E-state index in [1.807, 2.05) is 20.2 Å². The minimum Gasteiger partial charge on any atom is -0.369 e. The molecule has 1 heterocycles. The Bertz CT molecular complexity index is 552. The molecule has 1 aromatic heterocycles. The van der Waals surface area contributed by atoms with Gasteiger partial charge < -0.3 is 10.6 Å². The molecular formula is C15H20N4. The summed E-state index contributed by atoms with van der Waals surface area (Å²) >= 11 is 0. The molecule has 0 amide bonds. The summed E-state index contributed by atoms with van der Waals surface area (Å²) in [7, 11) is 1.82. The Morgan fingerprint density at radius 2 is 2.05 bits per heavy atom. The molecule has 0 aliphatic rings. The van der Waals surface area contributed by atoms with Crippen LogP contribution in [0.1, 0.15) is 16.7 Å². The molecule has 19 heavy (non-hydrogen) atoms. The van der Waals surface area contributed by atoms with E-state index in [0.29, 0.717) is 5.95 Å². The third-order valence-corrected chi connectivity index (χ3v) is 2.98. The maximum Gasteiger partial charge on any atom is 0.224 e. The molecule has 0 aliphatic heterocycles. The highest BCUT2D eigenvalue weighted by Crippen LogP contribution is 2.12. The van der Waals surface area contributed by atoms with Gasteiger partial charge in [-0.15, -0.1) is 0 Å². The van der Waals surface area contributed by atoms with Crippen molar-refractivity contribution in [3.8, 4) is 0 Å². The third-order valence-electron chi connectivity index (χ3n) is 2.98. The summed E-state index contributed by atoms with van der Waals surface area (Å²) in [5.41, 5.74) is 3.70. The molecule has 0 bridgehead atoms. The molecule has 0 saturated heterocycles. The number of nitrogens with zero attached hydrogens (tertiary/aromatic N) is 2. The maximum absolute atomic E-state index is 4.41. The molecule has 0 unspecified atom stereocenters. The van der Waals surface area contributed by atoms with Gasteiger partial charge in [-0.05, 0) is 25.8 Å². The number of benzene rings is 1. The van der Waals surface area contributed by atoms with Gasteiger partial charge in [0.1, 0.15) is 5.82 Å². The first-order valence-electron chi connectivity index (χ1n) is 6.50. The van der Waals surface area contributed by atoms with E-state index in [-0.39, 0.29) is 0 Å². The lowest BCUT2D eigenvalue weighted by atomic mass is 10.1. The Labute approximate surface area is 114 Å². The highest BCUT2D eigenvalue weighted by molar-refractivity contribution is 5.46.